The molecule has 0 bridgehead atoms. The van der Waals surface area contributed by atoms with E-state index in [1.807, 2.05) is 11.3 Å². The summed E-state index contributed by atoms with van der Waals surface area (Å²) in [7, 11) is 0. The van der Waals surface area contributed by atoms with E-state index in [-0.39, 0.29) is 10.8 Å². The molecule has 1 heterocycles. The van der Waals surface area contributed by atoms with Gasteiger partial charge in [-0.2, -0.15) is 0 Å². The van der Waals surface area contributed by atoms with Crippen LogP contribution < -0.4 is 4.90 Å². The summed E-state index contributed by atoms with van der Waals surface area (Å²) in [4.78, 5) is 2.61. The van der Waals surface area contributed by atoms with Crippen molar-refractivity contribution in [2.45, 2.75) is 38.5 Å². The largest absolute Gasteiger partial charge is 0.309 e. The zero-order valence-electron chi connectivity index (χ0n) is 33.1. The third-order valence-corrected chi connectivity index (χ3v) is 14.5. The summed E-state index contributed by atoms with van der Waals surface area (Å²) >= 11 is 1.88. The molecule has 276 valence electrons. The molecule has 0 N–H and O–H groups in total. The van der Waals surface area contributed by atoms with E-state index in [9.17, 15) is 0 Å². The van der Waals surface area contributed by atoms with Crippen molar-refractivity contribution in [3.63, 3.8) is 0 Å². The Hall–Kier alpha value is -6.48. The van der Waals surface area contributed by atoms with Crippen molar-refractivity contribution in [2.75, 3.05) is 4.90 Å². The van der Waals surface area contributed by atoms with Crippen molar-refractivity contribution in [1.82, 2.24) is 0 Å². The molecule has 2 aliphatic carbocycles. The second kappa shape index (κ2) is 12.0. The Morgan fingerprint density at radius 1 is 0.414 bits per heavy atom. The molecule has 0 aliphatic heterocycles. The zero-order chi connectivity index (χ0) is 38.9. The number of benzene rings is 9. The minimum Gasteiger partial charge on any atom is -0.309 e. The third-order valence-electron chi connectivity index (χ3n) is 13.4. The molecule has 0 amide bonds. The fraction of sp³-hybridized carbons (Fsp3) is 0.107. The van der Waals surface area contributed by atoms with E-state index >= 15 is 0 Å². The second-order valence-corrected chi connectivity index (χ2v) is 18.3. The highest BCUT2D eigenvalue weighted by Crippen LogP contribution is 2.60. The van der Waals surface area contributed by atoms with Gasteiger partial charge in [0.2, 0.25) is 0 Å². The first-order chi connectivity index (χ1) is 28.3. The summed E-state index contributed by atoms with van der Waals surface area (Å²) in [6.45, 7) is 9.64. The summed E-state index contributed by atoms with van der Waals surface area (Å²) in [6.07, 6.45) is 0. The van der Waals surface area contributed by atoms with Crippen LogP contribution in [-0.4, -0.2) is 0 Å². The number of thiophene rings is 1. The molecule has 0 saturated heterocycles. The Morgan fingerprint density at radius 2 is 0.879 bits per heavy atom. The SMILES string of the molecule is CC1(C)c2ccccc2-c2c(N(c3ccc(-c4cccc5sc6ccccc6c45)cc3)c3cc4ccccc4c4c3-c3ccccc3C4(C)C)cc3ccccc3c21. The maximum absolute atomic E-state index is 2.61. The van der Waals surface area contributed by atoms with E-state index in [1.165, 1.54) is 109 Å². The van der Waals surface area contributed by atoms with Crippen LogP contribution in [0.25, 0.3) is 75.1 Å². The fourth-order valence-electron chi connectivity index (χ4n) is 10.8. The van der Waals surface area contributed by atoms with Crippen LogP contribution in [0.15, 0.2) is 176 Å². The smallest absolute Gasteiger partial charge is 0.0549 e. The van der Waals surface area contributed by atoms with Crippen LogP contribution in [0.4, 0.5) is 17.1 Å². The number of anilines is 3. The van der Waals surface area contributed by atoms with Crippen LogP contribution in [0.1, 0.15) is 49.9 Å². The lowest BCUT2D eigenvalue weighted by Crippen LogP contribution is -2.18. The van der Waals surface area contributed by atoms with Gasteiger partial charge >= 0.3 is 0 Å². The standard InChI is InChI=1S/C56H41NS/c1-55(2)44-24-12-9-20-41(44)51-46(32-35-16-5-7-18-39(35)53(51)55)57(37-30-28-34(29-31-37)38-23-15-27-49-50(38)43-22-11-14-26-48(43)58-49)47-33-36-17-6-8-19-40(36)54-52(47)42-21-10-13-25-45(42)56(54,3)4/h5-33H,1-4H3. The molecule has 58 heavy (non-hydrogen) atoms. The van der Waals surface area contributed by atoms with Crippen molar-refractivity contribution in [3.8, 4) is 33.4 Å². The molecule has 10 aromatic rings. The number of hydrogen-bond donors (Lipinski definition) is 0. The van der Waals surface area contributed by atoms with Gasteiger partial charge in [-0.3, -0.25) is 0 Å². The van der Waals surface area contributed by atoms with E-state index in [0.29, 0.717) is 0 Å². The van der Waals surface area contributed by atoms with Gasteiger partial charge in [0.05, 0.1) is 11.4 Å². The highest BCUT2D eigenvalue weighted by atomic mass is 32.1. The van der Waals surface area contributed by atoms with Gasteiger partial charge in [0.15, 0.2) is 0 Å². The molecule has 0 saturated carbocycles. The van der Waals surface area contributed by atoms with E-state index in [0.717, 1.165) is 5.69 Å². The first-order valence-corrected chi connectivity index (χ1v) is 21.3. The Kier molecular flexibility index (Phi) is 6.97. The molecule has 9 aromatic carbocycles. The van der Waals surface area contributed by atoms with Gasteiger partial charge in [-0.1, -0.05) is 167 Å². The highest BCUT2D eigenvalue weighted by Gasteiger charge is 2.42. The minimum atomic E-state index is -0.182. The van der Waals surface area contributed by atoms with Crippen LogP contribution in [-0.2, 0) is 10.8 Å². The van der Waals surface area contributed by atoms with Crippen LogP contribution >= 0.6 is 11.3 Å². The lowest BCUT2D eigenvalue weighted by Gasteiger charge is -2.33. The molecule has 0 radical (unpaired) electrons. The molecule has 0 unspecified atom stereocenters. The lowest BCUT2D eigenvalue weighted by molar-refractivity contribution is 0.666. The molecular formula is C56H41NS. The van der Waals surface area contributed by atoms with Gasteiger partial charge < -0.3 is 4.90 Å². The van der Waals surface area contributed by atoms with E-state index in [1.54, 1.807) is 0 Å². The predicted molar refractivity (Wildman–Crippen MR) is 250 cm³/mol. The Labute approximate surface area is 343 Å². The molecule has 2 heteroatoms. The molecular weight excluding hydrogens is 719 g/mol. The quantitative estimate of drug-likeness (QED) is 0.173. The second-order valence-electron chi connectivity index (χ2n) is 17.2. The molecule has 0 fully saturated rings. The molecule has 0 spiro atoms. The van der Waals surface area contributed by atoms with Crippen LogP contribution in [0.5, 0.6) is 0 Å². The number of fused-ring (bicyclic) bond motifs is 13. The summed E-state index contributed by atoms with van der Waals surface area (Å²) in [5, 5.41) is 7.82. The van der Waals surface area contributed by atoms with Gasteiger partial charge in [0.25, 0.3) is 0 Å². The van der Waals surface area contributed by atoms with Crippen molar-refractivity contribution < 1.29 is 0 Å². The molecule has 0 atom stereocenters. The summed E-state index contributed by atoms with van der Waals surface area (Å²) in [5.74, 6) is 0. The first-order valence-electron chi connectivity index (χ1n) is 20.4. The Morgan fingerprint density at radius 3 is 1.47 bits per heavy atom. The number of hydrogen-bond acceptors (Lipinski definition) is 2. The summed E-state index contributed by atoms with van der Waals surface area (Å²) < 4.78 is 2.65. The zero-order valence-corrected chi connectivity index (χ0v) is 33.9. The van der Waals surface area contributed by atoms with Crippen LogP contribution in [0, 0.1) is 0 Å². The van der Waals surface area contributed by atoms with Crippen molar-refractivity contribution in [2.24, 2.45) is 0 Å². The molecule has 1 aromatic heterocycles. The topological polar surface area (TPSA) is 3.24 Å². The Balaban J connectivity index is 1.19. The molecule has 1 nitrogen and oxygen atoms in total. The maximum atomic E-state index is 2.61. The van der Waals surface area contributed by atoms with Crippen molar-refractivity contribution in [1.29, 1.82) is 0 Å². The fourth-order valence-corrected chi connectivity index (χ4v) is 12.0. The third kappa shape index (κ3) is 4.52. The average molecular weight is 760 g/mol. The number of rotatable bonds is 4. The first kappa shape index (κ1) is 33.6. The van der Waals surface area contributed by atoms with Crippen molar-refractivity contribution >= 4 is 70.1 Å². The van der Waals surface area contributed by atoms with Crippen LogP contribution in [0.2, 0.25) is 0 Å². The van der Waals surface area contributed by atoms with Crippen molar-refractivity contribution in [3.05, 3.63) is 198 Å². The Bertz CT molecular complexity index is 3200. The van der Waals surface area contributed by atoms with Gasteiger partial charge in [-0.15, -0.1) is 11.3 Å². The monoisotopic (exact) mass is 759 g/mol. The van der Waals surface area contributed by atoms with E-state index in [2.05, 4.69) is 209 Å². The molecule has 12 rings (SSSR count). The summed E-state index contributed by atoms with van der Waals surface area (Å²) in [5.41, 5.74) is 16.6. The van der Waals surface area contributed by atoms with E-state index < -0.39 is 0 Å². The van der Waals surface area contributed by atoms with Gasteiger partial charge in [-0.05, 0) is 102 Å². The summed E-state index contributed by atoms with van der Waals surface area (Å²) in [6, 6.07) is 66.2. The lowest BCUT2D eigenvalue weighted by atomic mass is 9.79. The molecule has 2 aliphatic rings. The maximum Gasteiger partial charge on any atom is 0.0549 e. The van der Waals surface area contributed by atoms with Gasteiger partial charge in [0.1, 0.15) is 0 Å². The predicted octanol–water partition coefficient (Wildman–Crippen LogP) is 16.1. The average Bonchev–Trinajstić information content (AvgIpc) is 3.84. The highest BCUT2D eigenvalue weighted by molar-refractivity contribution is 7.25. The van der Waals surface area contributed by atoms with E-state index in [4.69, 9.17) is 0 Å². The van der Waals surface area contributed by atoms with Gasteiger partial charge in [-0.25, -0.2) is 0 Å². The minimum absolute atomic E-state index is 0.182. The van der Waals surface area contributed by atoms with Gasteiger partial charge in [0, 0.05) is 47.8 Å². The normalized spacial score (nSPS) is 14.5. The van der Waals surface area contributed by atoms with Crippen LogP contribution in [0.3, 0.4) is 0 Å². The number of nitrogens with zero attached hydrogens (tertiary/aromatic N) is 1.